The fourth-order valence-corrected chi connectivity index (χ4v) is 1.29. The summed E-state index contributed by atoms with van der Waals surface area (Å²) in [7, 11) is 0. The molecular weight excluding hydrogens is 188 g/mol. The van der Waals surface area contributed by atoms with Crippen molar-refractivity contribution in [2.45, 2.75) is 26.7 Å². The van der Waals surface area contributed by atoms with Gasteiger partial charge < -0.3 is 4.74 Å². The molecule has 0 N–H and O–H groups in total. The zero-order chi connectivity index (χ0) is 11.1. The summed E-state index contributed by atoms with van der Waals surface area (Å²) < 4.78 is 5.09. The minimum Gasteiger partial charge on any atom is -0.426 e. The lowest BCUT2D eigenvalue weighted by molar-refractivity contribution is -0.131. The molecule has 0 spiro atoms. The summed E-state index contributed by atoms with van der Waals surface area (Å²) in [6, 6.07) is 7.54. The Morgan fingerprint density at radius 1 is 1.40 bits per heavy atom. The number of hydrogen-bond donors (Lipinski definition) is 0. The van der Waals surface area contributed by atoms with Gasteiger partial charge in [-0.1, -0.05) is 18.2 Å². The summed E-state index contributed by atoms with van der Waals surface area (Å²) in [5, 5.41) is 0. The molecule has 1 rings (SSSR count). The normalized spacial score (nSPS) is 8.93. The van der Waals surface area contributed by atoms with Crippen LogP contribution in [0.1, 0.15) is 25.8 Å². The van der Waals surface area contributed by atoms with Crippen LogP contribution in [0.2, 0.25) is 0 Å². The first-order valence-corrected chi connectivity index (χ1v) is 4.90. The van der Waals surface area contributed by atoms with E-state index in [0.29, 0.717) is 5.75 Å². The maximum Gasteiger partial charge on any atom is 0.308 e. The van der Waals surface area contributed by atoms with Gasteiger partial charge in [-0.2, -0.15) is 0 Å². The Balaban J connectivity index is 2.75. The zero-order valence-electron chi connectivity index (χ0n) is 9.04. The highest BCUT2D eigenvalue weighted by molar-refractivity contribution is 5.69. The summed E-state index contributed by atoms with van der Waals surface area (Å²) in [5.41, 5.74) is 1.02. The SMILES string of the molecule is CC#CCCc1ccccc1OC(C)=O. The summed E-state index contributed by atoms with van der Waals surface area (Å²) in [6.07, 6.45) is 1.60. The Kier molecular flexibility index (Phi) is 4.43. The van der Waals surface area contributed by atoms with Crippen molar-refractivity contribution in [1.29, 1.82) is 0 Å². The molecule has 78 valence electrons. The lowest BCUT2D eigenvalue weighted by Gasteiger charge is -2.06. The Labute approximate surface area is 90.3 Å². The average molecular weight is 202 g/mol. The molecular formula is C13H14O2. The van der Waals surface area contributed by atoms with Crippen molar-refractivity contribution in [3.8, 4) is 17.6 Å². The van der Waals surface area contributed by atoms with Gasteiger partial charge in [0.05, 0.1) is 0 Å². The molecule has 1 aromatic carbocycles. The quantitative estimate of drug-likeness (QED) is 0.428. The van der Waals surface area contributed by atoms with Crippen molar-refractivity contribution in [2.75, 3.05) is 0 Å². The number of aryl methyl sites for hydroxylation is 1. The summed E-state index contributed by atoms with van der Waals surface area (Å²) in [6.45, 7) is 3.22. The molecule has 0 saturated carbocycles. The Hall–Kier alpha value is -1.75. The van der Waals surface area contributed by atoms with E-state index in [1.165, 1.54) is 6.92 Å². The van der Waals surface area contributed by atoms with Gasteiger partial charge in [-0.05, 0) is 25.0 Å². The highest BCUT2D eigenvalue weighted by Crippen LogP contribution is 2.19. The Bertz CT molecular complexity index is 396. The van der Waals surface area contributed by atoms with Crippen LogP contribution in [0, 0.1) is 11.8 Å². The van der Waals surface area contributed by atoms with Crippen LogP contribution in [0.5, 0.6) is 5.75 Å². The van der Waals surface area contributed by atoms with Gasteiger partial charge >= 0.3 is 5.97 Å². The van der Waals surface area contributed by atoms with Crippen molar-refractivity contribution in [3.63, 3.8) is 0 Å². The average Bonchev–Trinajstić information content (AvgIpc) is 2.20. The molecule has 0 aliphatic carbocycles. The minimum absolute atomic E-state index is 0.288. The highest BCUT2D eigenvalue weighted by atomic mass is 16.5. The lowest BCUT2D eigenvalue weighted by Crippen LogP contribution is -2.03. The first kappa shape index (κ1) is 11.3. The number of para-hydroxylation sites is 1. The smallest absolute Gasteiger partial charge is 0.308 e. The second-order valence-corrected chi connectivity index (χ2v) is 3.13. The van der Waals surface area contributed by atoms with Crippen LogP contribution in [-0.4, -0.2) is 5.97 Å². The van der Waals surface area contributed by atoms with Crippen LogP contribution in [0.25, 0.3) is 0 Å². The van der Waals surface area contributed by atoms with Crippen LogP contribution in [0.3, 0.4) is 0 Å². The standard InChI is InChI=1S/C13H14O2/c1-3-4-5-8-12-9-6-7-10-13(12)15-11(2)14/h6-7,9-10H,5,8H2,1-2H3. The summed E-state index contributed by atoms with van der Waals surface area (Å²) in [4.78, 5) is 10.8. The molecule has 0 aliphatic heterocycles. The molecule has 0 bridgehead atoms. The summed E-state index contributed by atoms with van der Waals surface area (Å²) in [5.74, 6) is 6.18. The third-order valence-electron chi connectivity index (χ3n) is 1.92. The minimum atomic E-state index is -0.288. The Morgan fingerprint density at radius 2 is 2.13 bits per heavy atom. The van der Waals surface area contributed by atoms with E-state index in [9.17, 15) is 4.79 Å². The van der Waals surface area contributed by atoms with Crippen molar-refractivity contribution in [2.24, 2.45) is 0 Å². The number of rotatable bonds is 3. The van der Waals surface area contributed by atoms with Crippen molar-refractivity contribution in [1.82, 2.24) is 0 Å². The van der Waals surface area contributed by atoms with Crippen molar-refractivity contribution < 1.29 is 9.53 Å². The van der Waals surface area contributed by atoms with E-state index in [-0.39, 0.29) is 5.97 Å². The molecule has 0 radical (unpaired) electrons. The van der Waals surface area contributed by atoms with Crippen LogP contribution in [0.4, 0.5) is 0 Å². The van der Waals surface area contributed by atoms with Crippen LogP contribution in [-0.2, 0) is 11.2 Å². The maximum absolute atomic E-state index is 10.8. The Morgan fingerprint density at radius 3 is 2.80 bits per heavy atom. The van der Waals surface area contributed by atoms with E-state index in [1.807, 2.05) is 25.1 Å². The predicted octanol–water partition coefficient (Wildman–Crippen LogP) is 2.57. The highest BCUT2D eigenvalue weighted by Gasteiger charge is 2.03. The van der Waals surface area contributed by atoms with Gasteiger partial charge in [-0.3, -0.25) is 4.79 Å². The van der Waals surface area contributed by atoms with Gasteiger partial charge in [0.25, 0.3) is 0 Å². The molecule has 0 saturated heterocycles. The summed E-state index contributed by atoms with van der Waals surface area (Å²) >= 11 is 0. The second-order valence-electron chi connectivity index (χ2n) is 3.13. The molecule has 0 atom stereocenters. The number of ether oxygens (including phenoxy) is 1. The van der Waals surface area contributed by atoms with Gasteiger partial charge in [-0.25, -0.2) is 0 Å². The van der Waals surface area contributed by atoms with Gasteiger partial charge in [0, 0.05) is 13.3 Å². The van der Waals surface area contributed by atoms with E-state index < -0.39 is 0 Å². The third kappa shape index (κ3) is 3.86. The molecule has 0 aliphatic rings. The van der Waals surface area contributed by atoms with Crippen LogP contribution < -0.4 is 4.74 Å². The largest absolute Gasteiger partial charge is 0.426 e. The fourth-order valence-electron chi connectivity index (χ4n) is 1.29. The molecule has 2 heteroatoms. The molecule has 0 aromatic heterocycles. The first-order chi connectivity index (χ1) is 7.24. The molecule has 0 fully saturated rings. The number of hydrogen-bond acceptors (Lipinski definition) is 2. The van der Waals surface area contributed by atoms with Crippen molar-refractivity contribution in [3.05, 3.63) is 29.8 Å². The van der Waals surface area contributed by atoms with E-state index >= 15 is 0 Å². The third-order valence-corrected chi connectivity index (χ3v) is 1.92. The number of carbonyl (C=O) groups is 1. The van der Waals surface area contributed by atoms with Gasteiger partial charge in [0.1, 0.15) is 5.75 Å². The van der Waals surface area contributed by atoms with E-state index in [4.69, 9.17) is 4.74 Å². The monoisotopic (exact) mass is 202 g/mol. The fraction of sp³-hybridized carbons (Fsp3) is 0.308. The molecule has 1 aromatic rings. The first-order valence-electron chi connectivity index (χ1n) is 4.90. The van der Waals surface area contributed by atoms with Crippen molar-refractivity contribution >= 4 is 5.97 Å². The lowest BCUT2D eigenvalue weighted by atomic mass is 10.1. The second kappa shape index (κ2) is 5.87. The molecule has 0 amide bonds. The van der Waals surface area contributed by atoms with E-state index in [0.717, 1.165) is 18.4 Å². The maximum atomic E-state index is 10.8. The molecule has 0 unspecified atom stereocenters. The number of esters is 1. The molecule has 0 heterocycles. The predicted molar refractivity (Wildman–Crippen MR) is 59.5 cm³/mol. The van der Waals surface area contributed by atoms with E-state index in [1.54, 1.807) is 6.07 Å². The van der Waals surface area contributed by atoms with Crippen LogP contribution >= 0.6 is 0 Å². The molecule has 15 heavy (non-hydrogen) atoms. The van der Waals surface area contributed by atoms with Gasteiger partial charge in [-0.15, -0.1) is 11.8 Å². The zero-order valence-corrected chi connectivity index (χ0v) is 9.04. The van der Waals surface area contributed by atoms with Gasteiger partial charge in [0.15, 0.2) is 0 Å². The molecule has 2 nitrogen and oxygen atoms in total. The van der Waals surface area contributed by atoms with E-state index in [2.05, 4.69) is 11.8 Å². The van der Waals surface area contributed by atoms with Crippen LogP contribution in [0.15, 0.2) is 24.3 Å². The number of carbonyl (C=O) groups excluding carboxylic acids is 1. The topological polar surface area (TPSA) is 26.3 Å². The number of benzene rings is 1. The van der Waals surface area contributed by atoms with Gasteiger partial charge in [0.2, 0.25) is 0 Å².